The van der Waals surface area contributed by atoms with E-state index in [0.29, 0.717) is 34.1 Å². The van der Waals surface area contributed by atoms with Crippen molar-refractivity contribution in [3.8, 4) is 11.5 Å². The molecule has 9 nitrogen and oxygen atoms in total. The van der Waals surface area contributed by atoms with Crippen LogP contribution in [0.2, 0.25) is 10.0 Å². The van der Waals surface area contributed by atoms with Gasteiger partial charge in [0, 0.05) is 35.0 Å². The average Bonchev–Trinajstić information content (AvgIpc) is 3.43. The molecule has 2 amide bonds. The van der Waals surface area contributed by atoms with E-state index in [9.17, 15) is 18.0 Å². The number of fused-ring (bicyclic) bond motifs is 2. The Hall–Kier alpha value is -3.38. The molecular formula is C33H36Cl2FN3O6S. The van der Waals surface area contributed by atoms with E-state index in [0.717, 1.165) is 6.26 Å². The second-order valence-corrected chi connectivity index (χ2v) is 16.0. The van der Waals surface area contributed by atoms with Gasteiger partial charge in [0.1, 0.15) is 29.3 Å². The quantitative estimate of drug-likeness (QED) is 0.253. The van der Waals surface area contributed by atoms with Crippen LogP contribution in [0.15, 0.2) is 54.6 Å². The Morgan fingerprint density at radius 1 is 1.11 bits per heavy atom. The maximum atomic E-state index is 16.0. The molecule has 4 atom stereocenters. The molecule has 0 saturated carbocycles. The molecule has 0 aromatic heterocycles. The van der Waals surface area contributed by atoms with Gasteiger partial charge < -0.3 is 25.4 Å². The standard InChI is InChI=1S/C33H36Cl2FN3O6S/c1-32(2,3)17-26-33(21-11-9-18(34)15-24(21)38-31(33)41)27(20-7-6-8-22(35)28(20)36)29(39-26)30(40)37-23-12-10-19(16-25(23)44-4)45-13-14-46(5,42)43/h6-12,15-16,26-27,29,39H,13-14,17H2,1-5H3,(H,37,40)(H,38,41)/t26-,27+,29+,33?/m0/s1. The average molecular weight is 693 g/mol. The molecule has 5 rings (SSSR count). The first-order valence-electron chi connectivity index (χ1n) is 14.7. The van der Waals surface area contributed by atoms with Crippen LogP contribution >= 0.6 is 23.2 Å². The second-order valence-electron chi connectivity index (χ2n) is 12.9. The lowest BCUT2D eigenvalue weighted by molar-refractivity contribution is -0.122. The number of amides is 2. The zero-order valence-corrected chi connectivity index (χ0v) is 28.4. The SMILES string of the molecule is COc1cc(OCCS(C)(=O)=O)ccc1NC(=O)[C@@H]1N[C@@H](CC(C)(C)C)C2(C(=O)Nc3cc(Cl)ccc32)[C@@H]1c1cccc(Cl)c1F. The number of benzene rings is 3. The van der Waals surface area contributed by atoms with Gasteiger partial charge >= 0.3 is 0 Å². The van der Waals surface area contributed by atoms with Gasteiger partial charge in [-0.3, -0.25) is 9.59 Å². The van der Waals surface area contributed by atoms with Crippen molar-refractivity contribution in [3.05, 3.63) is 81.6 Å². The fourth-order valence-corrected chi connectivity index (χ4v) is 7.28. The number of sulfone groups is 1. The highest BCUT2D eigenvalue weighted by Gasteiger charge is 2.66. The van der Waals surface area contributed by atoms with Gasteiger partial charge in [0.25, 0.3) is 0 Å². The van der Waals surface area contributed by atoms with Crippen molar-refractivity contribution in [3.63, 3.8) is 0 Å². The summed E-state index contributed by atoms with van der Waals surface area (Å²) in [5.74, 6) is -2.20. The Morgan fingerprint density at radius 2 is 1.85 bits per heavy atom. The van der Waals surface area contributed by atoms with Gasteiger partial charge in [-0.2, -0.15) is 0 Å². The van der Waals surface area contributed by atoms with Crippen LogP contribution in [0.5, 0.6) is 11.5 Å². The Bertz CT molecular complexity index is 1800. The minimum absolute atomic E-state index is 0.0570. The first-order valence-corrected chi connectivity index (χ1v) is 17.5. The van der Waals surface area contributed by atoms with E-state index < -0.39 is 45.0 Å². The van der Waals surface area contributed by atoms with E-state index in [1.165, 1.54) is 19.2 Å². The number of hydrogen-bond donors (Lipinski definition) is 3. The normalized spacial score (nSPS) is 22.4. The summed E-state index contributed by atoms with van der Waals surface area (Å²) in [6, 6.07) is 12.6. The van der Waals surface area contributed by atoms with Crippen molar-refractivity contribution in [2.75, 3.05) is 36.4 Å². The van der Waals surface area contributed by atoms with E-state index >= 15 is 4.39 Å². The van der Waals surface area contributed by atoms with E-state index in [4.69, 9.17) is 32.7 Å². The van der Waals surface area contributed by atoms with Crippen LogP contribution in [0.1, 0.15) is 44.2 Å². The second kappa shape index (κ2) is 12.7. The number of halogens is 3. The van der Waals surface area contributed by atoms with Crippen LogP contribution in [0, 0.1) is 11.2 Å². The highest BCUT2D eigenvalue weighted by Crippen LogP contribution is 2.57. The summed E-state index contributed by atoms with van der Waals surface area (Å²) in [6.07, 6.45) is 1.59. The summed E-state index contributed by atoms with van der Waals surface area (Å²) in [4.78, 5) is 28.6. The number of anilines is 2. The van der Waals surface area contributed by atoms with Crippen LogP contribution < -0.4 is 25.4 Å². The number of ether oxygens (including phenoxy) is 2. The van der Waals surface area contributed by atoms with Crippen LogP contribution in [0.4, 0.5) is 15.8 Å². The summed E-state index contributed by atoms with van der Waals surface area (Å²) >= 11 is 12.6. The van der Waals surface area contributed by atoms with Crippen LogP contribution in [0.3, 0.4) is 0 Å². The Morgan fingerprint density at radius 3 is 2.52 bits per heavy atom. The lowest BCUT2D eigenvalue weighted by Gasteiger charge is -2.37. The van der Waals surface area contributed by atoms with Crippen LogP contribution in [-0.2, 0) is 24.8 Å². The number of methoxy groups -OCH3 is 1. The first kappa shape index (κ1) is 34.0. The molecule has 2 aliphatic heterocycles. The highest BCUT2D eigenvalue weighted by molar-refractivity contribution is 7.90. The molecule has 1 fully saturated rings. The zero-order chi connectivity index (χ0) is 33.6. The van der Waals surface area contributed by atoms with Crippen molar-refractivity contribution in [1.29, 1.82) is 0 Å². The first-order chi connectivity index (χ1) is 21.5. The molecule has 2 heterocycles. The molecule has 3 aromatic carbocycles. The molecule has 13 heteroatoms. The van der Waals surface area contributed by atoms with Gasteiger partial charge in [0.15, 0.2) is 9.84 Å². The van der Waals surface area contributed by atoms with Gasteiger partial charge in [-0.15, -0.1) is 0 Å². The maximum absolute atomic E-state index is 16.0. The van der Waals surface area contributed by atoms with Gasteiger partial charge in [0.05, 0.1) is 29.6 Å². The monoisotopic (exact) mass is 691 g/mol. The summed E-state index contributed by atoms with van der Waals surface area (Å²) in [6.45, 7) is 6.04. The van der Waals surface area contributed by atoms with Crippen LogP contribution in [0.25, 0.3) is 0 Å². The number of carbonyl (C=O) groups excluding carboxylic acids is 2. The molecule has 3 aromatic rings. The maximum Gasteiger partial charge on any atom is 0.242 e. The topological polar surface area (TPSA) is 123 Å². The van der Waals surface area contributed by atoms with E-state index in [2.05, 4.69) is 16.0 Å². The smallest absolute Gasteiger partial charge is 0.242 e. The number of carbonyl (C=O) groups is 2. The van der Waals surface area contributed by atoms with E-state index in [1.807, 2.05) is 20.8 Å². The number of hydrogen-bond acceptors (Lipinski definition) is 7. The van der Waals surface area contributed by atoms with Gasteiger partial charge in [-0.05, 0) is 53.3 Å². The van der Waals surface area contributed by atoms with Crippen molar-refractivity contribution in [2.45, 2.75) is 50.6 Å². The predicted molar refractivity (Wildman–Crippen MR) is 178 cm³/mol. The lowest BCUT2D eigenvalue weighted by atomic mass is 9.62. The zero-order valence-electron chi connectivity index (χ0n) is 26.0. The summed E-state index contributed by atoms with van der Waals surface area (Å²) in [7, 11) is -1.80. The van der Waals surface area contributed by atoms with Crippen molar-refractivity contribution in [2.24, 2.45) is 5.41 Å². The fourth-order valence-electron chi connectivity index (χ4n) is 6.54. The molecule has 0 radical (unpaired) electrons. The lowest BCUT2D eigenvalue weighted by Crippen LogP contribution is -2.49. The Balaban J connectivity index is 1.60. The third-order valence-corrected chi connectivity index (χ3v) is 9.81. The molecule has 1 spiro atoms. The molecular weight excluding hydrogens is 656 g/mol. The molecule has 46 heavy (non-hydrogen) atoms. The summed E-state index contributed by atoms with van der Waals surface area (Å²) < 4.78 is 50.1. The molecule has 0 aliphatic carbocycles. The number of nitrogens with one attached hydrogen (secondary N) is 3. The largest absolute Gasteiger partial charge is 0.494 e. The van der Waals surface area contributed by atoms with Gasteiger partial charge in [-0.1, -0.05) is 62.2 Å². The molecule has 1 saturated heterocycles. The van der Waals surface area contributed by atoms with Gasteiger partial charge in [0.2, 0.25) is 11.8 Å². The molecule has 1 unspecified atom stereocenters. The van der Waals surface area contributed by atoms with Crippen molar-refractivity contribution in [1.82, 2.24) is 5.32 Å². The Kier molecular flexibility index (Phi) is 9.36. The molecule has 3 N–H and O–H groups in total. The summed E-state index contributed by atoms with van der Waals surface area (Å²) in [5, 5.41) is 9.58. The highest BCUT2D eigenvalue weighted by atomic mass is 35.5. The third-order valence-electron chi connectivity index (χ3n) is 8.37. The number of rotatable bonds is 9. The van der Waals surface area contributed by atoms with Crippen LogP contribution in [-0.4, -0.2) is 58.0 Å². The molecule has 246 valence electrons. The van der Waals surface area contributed by atoms with E-state index in [-0.39, 0.29) is 40.0 Å². The van der Waals surface area contributed by atoms with Gasteiger partial charge in [-0.25, -0.2) is 12.8 Å². The van der Waals surface area contributed by atoms with Crippen molar-refractivity contribution < 1.29 is 31.9 Å². The molecule has 2 aliphatic rings. The minimum Gasteiger partial charge on any atom is -0.494 e. The minimum atomic E-state index is -3.22. The molecule has 0 bridgehead atoms. The fraction of sp³-hybridized carbons (Fsp3) is 0.394. The summed E-state index contributed by atoms with van der Waals surface area (Å²) in [5.41, 5.74) is -0.166. The predicted octanol–water partition coefficient (Wildman–Crippen LogP) is 5.95. The Labute approximate surface area is 278 Å². The third kappa shape index (κ3) is 6.56. The van der Waals surface area contributed by atoms with Crippen molar-refractivity contribution >= 4 is 56.2 Å². The van der Waals surface area contributed by atoms with E-state index in [1.54, 1.807) is 42.5 Å².